The van der Waals surface area contributed by atoms with Crippen LogP contribution in [0.15, 0.2) is 58.5 Å². The van der Waals surface area contributed by atoms with E-state index in [1.54, 1.807) is 12.4 Å². The lowest BCUT2D eigenvalue weighted by molar-refractivity contribution is -0.255. The summed E-state index contributed by atoms with van der Waals surface area (Å²) in [7, 11) is 0. The van der Waals surface area contributed by atoms with E-state index >= 15 is 0 Å². The van der Waals surface area contributed by atoms with Crippen LogP contribution in [0.25, 0.3) is 16.7 Å². The molecule has 2 heterocycles. The van der Waals surface area contributed by atoms with Crippen molar-refractivity contribution in [3.8, 4) is 5.69 Å². The molecule has 2 aromatic heterocycles. The molecule has 0 aliphatic heterocycles. The van der Waals surface area contributed by atoms with E-state index in [1.165, 1.54) is 18.2 Å². The average Bonchev–Trinajstić information content (AvgIpc) is 3.19. The van der Waals surface area contributed by atoms with Crippen LogP contribution < -0.4 is 16.4 Å². The number of nitrogens with zero attached hydrogens (tertiary/aromatic N) is 4. The Balaban J connectivity index is 1.91. The number of carbonyl (C=O) groups is 1. The first-order valence-corrected chi connectivity index (χ1v) is 10.3. The van der Waals surface area contributed by atoms with Gasteiger partial charge in [0.05, 0.1) is 51.7 Å². The predicted octanol–water partition coefficient (Wildman–Crippen LogP) is 2.45. The minimum absolute atomic E-state index is 0.185. The van der Waals surface area contributed by atoms with Crippen molar-refractivity contribution in [1.29, 1.82) is 0 Å². The summed E-state index contributed by atoms with van der Waals surface area (Å²) in [5.41, 5.74) is -2.90. The van der Waals surface area contributed by atoms with Gasteiger partial charge in [0.2, 0.25) is 0 Å². The Morgan fingerprint density at radius 3 is 2.56 bits per heavy atom. The highest BCUT2D eigenvalue weighted by Crippen LogP contribution is 2.36. The van der Waals surface area contributed by atoms with Gasteiger partial charge in [-0.25, -0.2) is 9.78 Å². The molecule has 4 aromatic rings. The number of fused-ring (bicyclic) bond motifs is 1. The van der Waals surface area contributed by atoms with E-state index in [0.29, 0.717) is 16.6 Å². The second-order valence-corrected chi connectivity index (χ2v) is 7.73. The third-order valence-electron chi connectivity index (χ3n) is 5.33. The fourth-order valence-electron chi connectivity index (χ4n) is 3.61. The van der Waals surface area contributed by atoms with Crippen molar-refractivity contribution in [2.75, 3.05) is 0 Å². The van der Waals surface area contributed by atoms with E-state index in [9.17, 15) is 32.7 Å². The molecule has 0 aliphatic rings. The second kappa shape index (κ2) is 8.49. The number of hydrogen-bond donors (Lipinski definition) is 0. The SMILES string of the molecule is CCn1cnc2cc(-n3cc(C(=O)[O-])c(=O)n(Cc4cccc(C(F)(F)F)c4Cl)c3=O)ccc21. The molecule has 8 nitrogen and oxygen atoms in total. The van der Waals surface area contributed by atoms with Crippen LogP contribution in [0.5, 0.6) is 0 Å². The molecule has 2 aromatic carbocycles. The Morgan fingerprint density at radius 1 is 1.18 bits per heavy atom. The fourth-order valence-corrected chi connectivity index (χ4v) is 3.90. The molecule has 0 radical (unpaired) electrons. The number of carboxylic acid groups (broad SMARTS) is 1. The summed E-state index contributed by atoms with van der Waals surface area (Å²) in [5, 5.41) is 10.9. The van der Waals surface area contributed by atoms with Gasteiger partial charge in [0.15, 0.2) is 0 Å². The lowest BCUT2D eigenvalue weighted by Crippen LogP contribution is -2.44. The second-order valence-electron chi connectivity index (χ2n) is 7.35. The first kappa shape index (κ1) is 23.3. The highest BCUT2D eigenvalue weighted by Gasteiger charge is 2.34. The largest absolute Gasteiger partial charge is 0.545 e. The highest BCUT2D eigenvalue weighted by atomic mass is 35.5. The maximum Gasteiger partial charge on any atom is 0.417 e. The Bertz CT molecular complexity index is 1550. The van der Waals surface area contributed by atoms with E-state index in [1.807, 2.05) is 11.5 Å². The third-order valence-corrected chi connectivity index (χ3v) is 5.77. The van der Waals surface area contributed by atoms with Gasteiger partial charge in [-0.3, -0.25) is 13.9 Å². The van der Waals surface area contributed by atoms with Crippen LogP contribution in [-0.2, 0) is 19.3 Å². The van der Waals surface area contributed by atoms with Crippen LogP contribution in [0.4, 0.5) is 13.2 Å². The van der Waals surface area contributed by atoms with Crippen LogP contribution in [-0.4, -0.2) is 24.7 Å². The molecule has 0 N–H and O–H groups in total. The summed E-state index contributed by atoms with van der Waals surface area (Å²) in [6.45, 7) is 1.88. The van der Waals surface area contributed by atoms with Crippen molar-refractivity contribution in [3.05, 3.63) is 91.5 Å². The summed E-state index contributed by atoms with van der Waals surface area (Å²) in [6, 6.07) is 7.77. The maximum atomic E-state index is 13.2. The minimum atomic E-state index is -4.76. The monoisotopic (exact) mass is 491 g/mol. The number of carboxylic acids is 1. The third kappa shape index (κ3) is 3.98. The molecule has 0 spiro atoms. The minimum Gasteiger partial charge on any atom is -0.545 e. The van der Waals surface area contributed by atoms with Gasteiger partial charge in [-0.1, -0.05) is 23.7 Å². The first-order valence-electron chi connectivity index (χ1n) is 9.90. The Kier molecular flexibility index (Phi) is 5.82. The van der Waals surface area contributed by atoms with Crippen LogP contribution in [0.2, 0.25) is 5.02 Å². The lowest BCUT2D eigenvalue weighted by atomic mass is 10.1. The van der Waals surface area contributed by atoms with Gasteiger partial charge in [0, 0.05) is 12.7 Å². The number of carbonyl (C=O) groups excluding carboxylic acids is 1. The average molecular weight is 492 g/mol. The molecule has 0 aliphatic carbocycles. The molecule has 0 saturated heterocycles. The van der Waals surface area contributed by atoms with E-state index in [4.69, 9.17) is 11.6 Å². The normalized spacial score (nSPS) is 11.8. The van der Waals surface area contributed by atoms with Gasteiger partial charge in [0.25, 0.3) is 5.56 Å². The van der Waals surface area contributed by atoms with Crippen molar-refractivity contribution in [2.24, 2.45) is 0 Å². The van der Waals surface area contributed by atoms with Crippen molar-refractivity contribution < 1.29 is 23.1 Å². The number of hydrogen-bond acceptors (Lipinski definition) is 5. The van der Waals surface area contributed by atoms with Crippen LogP contribution in [0, 0.1) is 0 Å². The molecule has 0 bridgehead atoms. The van der Waals surface area contributed by atoms with Gasteiger partial charge in [-0.15, -0.1) is 0 Å². The predicted molar refractivity (Wildman–Crippen MR) is 115 cm³/mol. The first-order chi connectivity index (χ1) is 16.0. The fraction of sp³-hybridized carbons (Fsp3) is 0.182. The lowest BCUT2D eigenvalue weighted by Gasteiger charge is -2.16. The Labute approximate surface area is 194 Å². The van der Waals surface area contributed by atoms with E-state index in [-0.39, 0.29) is 11.3 Å². The molecule has 12 heteroatoms. The molecular formula is C22H15ClF3N4O4-. The van der Waals surface area contributed by atoms with Gasteiger partial charge < -0.3 is 14.5 Å². The molecular weight excluding hydrogens is 477 g/mol. The molecule has 176 valence electrons. The number of benzene rings is 2. The molecule has 34 heavy (non-hydrogen) atoms. The van der Waals surface area contributed by atoms with Crippen molar-refractivity contribution in [1.82, 2.24) is 18.7 Å². The number of aromatic carboxylic acids is 1. The highest BCUT2D eigenvalue weighted by molar-refractivity contribution is 6.32. The number of alkyl halides is 3. The quantitative estimate of drug-likeness (QED) is 0.427. The van der Waals surface area contributed by atoms with Crippen LogP contribution >= 0.6 is 11.6 Å². The van der Waals surface area contributed by atoms with E-state index in [0.717, 1.165) is 28.4 Å². The molecule has 0 unspecified atom stereocenters. The summed E-state index contributed by atoms with van der Waals surface area (Å²) in [6.07, 6.45) is -2.34. The summed E-state index contributed by atoms with van der Waals surface area (Å²) in [5.74, 6) is -1.85. The van der Waals surface area contributed by atoms with Gasteiger partial charge >= 0.3 is 11.9 Å². The maximum absolute atomic E-state index is 13.2. The van der Waals surface area contributed by atoms with E-state index < -0.39 is 46.1 Å². The summed E-state index contributed by atoms with van der Waals surface area (Å²) >= 11 is 5.91. The topological polar surface area (TPSA) is 102 Å². The van der Waals surface area contributed by atoms with Gasteiger partial charge in [0.1, 0.15) is 0 Å². The Hall–Kier alpha value is -3.86. The van der Waals surface area contributed by atoms with Crippen molar-refractivity contribution >= 4 is 28.6 Å². The molecule has 4 rings (SSSR count). The smallest absolute Gasteiger partial charge is 0.417 e. The number of imidazole rings is 1. The summed E-state index contributed by atoms with van der Waals surface area (Å²) in [4.78, 5) is 41.7. The van der Waals surface area contributed by atoms with Gasteiger partial charge in [-0.05, 0) is 36.8 Å². The molecule has 0 fully saturated rings. The molecule has 0 saturated carbocycles. The van der Waals surface area contributed by atoms with Gasteiger partial charge in [-0.2, -0.15) is 13.2 Å². The summed E-state index contributed by atoms with van der Waals surface area (Å²) < 4.78 is 42.9. The zero-order chi connectivity index (χ0) is 24.8. The van der Waals surface area contributed by atoms with Crippen molar-refractivity contribution in [3.63, 3.8) is 0 Å². The number of halogens is 4. The number of aromatic nitrogens is 4. The van der Waals surface area contributed by atoms with E-state index in [2.05, 4.69) is 4.98 Å². The van der Waals surface area contributed by atoms with Crippen LogP contribution in [0.1, 0.15) is 28.4 Å². The van der Waals surface area contributed by atoms with Crippen LogP contribution in [0.3, 0.4) is 0 Å². The molecule has 0 atom stereocenters. The molecule has 0 amide bonds. The zero-order valence-corrected chi connectivity index (χ0v) is 18.2. The number of rotatable bonds is 5. The Morgan fingerprint density at radius 2 is 1.91 bits per heavy atom. The van der Waals surface area contributed by atoms with Crippen molar-refractivity contribution in [2.45, 2.75) is 26.2 Å². The number of aryl methyl sites for hydroxylation is 1. The standard InChI is InChI=1S/C22H16ClF3N4O4/c1-2-28-11-27-16-8-13(6-7-17(16)28)29-10-14(20(32)33)19(31)30(21(29)34)9-12-4-3-5-15(18(12)23)22(24,25)26/h3-8,10-11H,2,9H2,1H3,(H,32,33)/p-1. The zero-order valence-electron chi connectivity index (χ0n) is 17.5.